The number of hydrogen-bond donors (Lipinski definition) is 1. The number of aromatic nitrogens is 3. The summed E-state index contributed by atoms with van der Waals surface area (Å²) in [7, 11) is 0. The van der Waals surface area contributed by atoms with Crippen molar-refractivity contribution >= 4 is 15.9 Å². The highest BCUT2D eigenvalue weighted by molar-refractivity contribution is 9.10. The predicted octanol–water partition coefficient (Wildman–Crippen LogP) is 2.91. The lowest BCUT2D eigenvalue weighted by Crippen LogP contribution is -2.21. The average Bonchev–Trinajstić information content (AvgIpc) is 2.77. The molecule has 0 radical (unpaired) electrons. The summed E-state index contributed by atoms with van der Waals surface area (Å²) in [6.07, 6.45) is 1.65. The van der Waals surface area contributed by atoms with Crippen LogP contribution in [0.2, 0.25) is 0 Å². The van der Waals surface area contributed by atoms with Gasteiger partial charge in [-0.15, -0.1) is 5.10 Å². The van der Waals surface area contributed by atoms with Gasteiger partial charge in [-0.25, -0.2) is 9.07 Å². The molecule has 1 heterocycles. The van der Waals surface area contributed by atoms with Gasteiger partial charge in [-0.05, 0) is 40.5 Å². The molecule has 19 heavy (non-hydrogen) atoms. The molecule has 0 aliphatic carbocycles. The van der Waals surface area contributed by atoms with Crippen molar-refractivity contribution in [2.24, 2.45) is 5.92 Å². The Kier molecular flexibility index (Phi) is 4.66. The summed E-state index contributed by atoms with van der Waals surface area (Å²) < 4.78 is 16.1. The second kappa shape index (κ2) is 6.25. The van der Waals surface area contributed by atoms with E-state index in [1.807, 2.05) is 0 Å². The van der Waals surface area contributed by atoms with Crippen molar-refractivity contribution in [1.82, 2.24) is 20.3 Å². The summed E-state index contributed by atoms with van der Waals surface area (Å²) in [5, 5.41) is 11.1. The van der Waals surface area contributed by atoms with Crippen LogP contribution >= 0.6 is 15.9 Å². The van der Waals surface area contributed by atoms with Crippen molar-refractivity contribution in [3.8, 4) is 5.69 Å². The summed E-state index contributed by atoms with van der Waals surface area (Å²) in [6, 6.07) is 4.84. The molecular formula is C13H16BrFN4. The van der Waals surface area contributed by atoms with Gasteiger partial charge in [0.15, 0.2) is 0 Å². The SMILES string of the molecule is CC(C)CNCc1cnnn1-c1c(F)cccc1Br. The molecule has 0 saturated carbocycles. The Bertz CT molecular complexity index is 533. The normalized spacial score (nSPS) is 11.2. The van der Waals surface area contributed by atoms with E-state index in [-0.39, 0.29) is 5.82 Å². The minimum Gasteiger partial charge on any atom is -0.311 e. The maximum Gasteiger partial charge on any atom is 0.150 e. The van der Waals surface area contributed by atoms with Gasteiger partial charge in [0.05, 0.1) is 11.9 Å². The maximum atomic E-state index is 13.9. The number of hydrogen-bond acceptors (Lipinski definition) is 3. The molecule has 0 saturated heterocycles. The first-order valence-corrected chi connectivity index (χ1v) is 6.93. The van der Waals surface area contributed by atoms with Gasteiger partial charge < -0.3 is 5.32 Å². The average molecular weight is 327 g/mol. The van der Waals surface area contributed by atoms with Gasteiger partial charge in [0, 0.05) is 11.0 Å². The minimum atomic E-state index is -0.329. The van der Waals surface area contributed by atoms with Gasteiger partial charge in [0.1, 0.15) is 11.5 Å². The fraction of sp³-hybridized carbons (Fsp3) is 0.385. The van der Waals surface area contributed by atoms with Gasteiger partial charge in [0.25, 0.3) is 0 Å². The smallest absolute Gasteiger partial charge is 0.150 e. The topological polar surface area (TPSA) is 42.7 Å². The summed E-state index contributed by atoms with van der Waals surface area (Å²) in [6.45, 7) is 5.77. The second-order valence-electron chi connectivity index (χ2n) is 4.73. The largest absolute Gasteiger partial charge is 0.311 e. The van der Waals surface area contributed by atoms with Crippen LogP contribution in [-0.4, -0.2) is 21.5 Å². The van der Waals surface area contributed by atoms with E-state index in [4.69, 9.17) is 0 Å². The molecule has 0 atom stereocenters. The Morgan fingerprint density at radius 3 is 2.89 bits per heavy atom. The van der Waals surface area contributed by atoms with Gasteiger partial charge in [0.2, 0.25) is 0 Å². The summed E-state index contributed by atoms with van der Waals surface area (Å²) in [5.41, 5.74) is 1.22. The fourth-order valence-corrected chi connectivity index (χ4v) is 2.26. The first kappa shape index (κ1) is 14.1. The molecule has 102 valence electrons. The number of nitrogens with zero attached hydrogens (tertiary/aromatic N) is 3. The highest BCUT2D eigenvalue weighted by Gasteiger charge is 2.13. The molecular weight excluding hydrogens is 311 g/mol. The van der Waals surface area contributed by atoms with Crippen LogP contribution in [0.25, 0.3) is 5.69 Å². The number of rotatable bonds is 5. The van der Waals surface area contributed by atoms with Gasteiger partial charge in [-0.2, -0.15) is 0 Å². The standard InChI is InChI=1S/C13H16BrFN4/c1-9(2)6-16-7-10-8-17-18-19(10)13-11(14)4-3-5-12(13)15/h3-5,8-9,16H,6-7H2,1-2H3. The van der Waals surface area contributed by atoms with Gasteiger partial charge in [-0.1, -0.05) is 25.1 Å². The lowest BCUT2D eigenvalue weighted by Gasteiger charge is -2.11. The molecule has 1 aromatic carbocycles. The molecule has 0 unspecified atom stereocenters. The molecule has 4 nitrogen and oxygen atoms in total. The van der Waals surface area contributed by atoms with Crippen LogP contribution in [0.15, 0.2) is 28.9 Å². The molecule has 0 spiro atoms. The molecule has 6 heteroatoms. The zero-order chi connectivity index (χ0) is 13.8. The number of benzene rings is 1. The number of nitrogens with one attached hydrogen (secondary N) is 1. The molecule has 0 fully saturated rings. The van der Waals surface area contributed by atoms with Crippen LogP contribution in [0.1, 0.15) is 19.5 Å². The van der Waals surface area contributed by atoms with Crippen LogP contribution in [0.3, 0.4) is 0 Å². The Morgan fingerprint density at radius 2 is 2.21 bits per heavy atom. The molecule has 2 aromatic rings. The zero-order valence-corrected chi connectivity index (χ0v) is 12.5. The van der Waals surface area contributed by atoms with Crippen LogP contribution in [0.5, 0.6) is 0 Å². The molecule has 1 N–H and O–H groups in total. The molecule has 0 bridgehead atoms. The zero-order valence-electron chi connectivity index (χ0n) is 10.9. The van der Waals surface area contributed by atoms with Crippen LogP contribution in [0, 0.1) is 11.7 Å². The Balaban J connectivity index is 2.24. The van der Waals surface area contributed by atoms with Crippen molar-refractivity contribution in [2.75, 3.05) is 6.54 Å². The van der Waals surface area contributed by atoms with Crippen LogP contribution in [-0.2, 0) is 6.54 Å². The summed E-state index contributed by atoms with van der Waals surface area (Å²) in [4.78, 5) is 0. The Morgan fingerprint density at radius 1 is 1.42 bits per heavy atom. The third-order valence-electron chi connectivity index (χ3n) is 2.63. The number of halogens is 2. The first-order chi connectivity index (χ1) is 9.09. The van der Waals surface area contributed by atoms with Crippen molar-refractivity contribution in [2.45, 2.75) is 20.4 Å². The van der Waals surface area contributed by atoms with E-state index in [9.17, 15) is 4.39 Å². The van der Waals surface area contributed by atoms with E-state index in [0.717, 1.165) is 12.2 Å². The van der Waals surface area contributed by atoms with Crippen molar-refractivity contribution in [3.05, 3.63) is 40.4 Å². The van der Waals surface area contributed by atoms with E-state index < -0.39 is 0 Å². The van der Waals surface area contributed by atoms with Gasteiger partial charge >= 0.3 is 0 Å². The van der Waals surface area contributed by atoms with E-state index in [0.29, 0.717) is 22.6 Å². The quantitative estimate of drug-likeness (QED) is 0.918. The minimum absolute atomic E-state index is 0.329. The third kappa shape index (κ3) is 3.39. The summed E-state index contributed by atoms with van der Waals surface area (Å²) >= 11 is 3.35. The lowest BCUT2D eigenvalue weighted by atomic mass is 10.2. The van der Waals surface area contributed by atoms with Crippen molar-refractivity contribution < 1.29 is 4.39 Å². The highest BCUT2D eigenvalue weighted by Crippen LogP contribution is 2.24. The predicted molar refractivity (Wildman–Crippen MR) is 75.6 cm³/mol. The fourth-order valence-electron chi connectivity index (χ4n) is 1.75. The second-order valence-corrected chi connectivity index (χ2v) is 5.59. The van der Waals surface area contributed by atoms with Crippen LogP contribution < -0.4 is 5.32 Å². The monoisotopic (exact) mass is 326 g/mol. The molecule has 0 aliphatic rings. The van der Waals surface area contributed by atoms with Crippen molar-refractivity contribution in [1.29, 1.82) is 0 Å². The highest BCUT2D eigenvalue weighted by atomic mass is 79.9. The van der Waals surface area contributed by atoms with E-state index in [1.165, 1.54) is 10.7 Å². The Labute approximate surface area is 120 Å². The first-order valence-electron chi connectivity index (χ1n) is 6.14. The van der Waals surface area contributed by atoms with E-state index in [1.54, 1.807) is 18.3 Å². The maximum absolute atomic E-state index is 13.9. The number of para-hydroxylation sites is 1. The van der Waals surface area contributed by atoms with Gasteiger partial charge in [-0.3, -0.25) is 0 Å². The van der Waals surface area contributed by atoms with E-state index >= 15 is 0 Å². The lowest BCUT2D eigenvalue weighted by molar-refractivity contribution is 0.538. The molecule has 2 rings (SSSR count). The summed E-state index contributed by atoms with van der Waals surface area (Å²) in [5.74, 6) is 0.231. The molecule has 0 amide bonds. The molecule has 0 aliphatic heterocycles. The third-order valence-corrected chi connectivity index (χ3v) is 3.27. The Hall–Kier alpha value is -1.27. The van der Waals surface area contributed by atoms with Crippen molar-refractivity contribution in [3.63, 3.8) is 0 Å². The van der Waals surface area contributed by atoms with Crippen LogP contribution in [0.4, 0.5) is 4.39 Å². The van der Waals surface area contributed by atoms with E-state index in [2.05, 4.69) is 45.4 Å². The molecule has 1 aromatic heterocycles.